The molecule has 0 aliphatic carbocycles. The van der Waals surface area contributed by atoms with Gasteiger partial charge in [-0.25, -0.2) is 0 Å². The average molecular weight is 846 g/mol. The highest BCUT2D eigenvalue weighted by Crippen LogP contribution is 2.49. The largest absolute Gasteiger partial charge is 0.310 e. The molecule has 13 aromatic rings. The fourth-order valence-corrected chi connectivity index (χ4v) is 12.0. The molecule has 0 aliphatic rings. The van der Waals surface area contributed by atoms with Crippen LogP contribution in [0.5, 0.6) is 0 Å². The van der Waals surface area contributed by atoms with Gasteiger partial charge in [0.2, 0.25) is 0 Å². The van der Waals surface area contributed by atoms with E-state index in [1.54, 1.807) is 0 Å². The summed E-state index contributed by atoms with van der Waals surface area (Å²) in [6.07, 6.45) is 0. The van der Waals surface area contributed by atoms with E-state index in [-0.39, 0.29) is 16.2 Å². The lowest BCUT2D eigenvalue weighted by Gasteiger charge is -2.25. The molecule has 0 N–H and O–H groups in total. The van der Waals surface area contributed by atoms with Crippen LogP contribution in [0.4, 0.5) is 17.1 Å². The monoisotopic (exact) mass is 845 g/mol. The molecule has 0 aliphatic heterocycles. The highest BCUT2D eigenvalue weighted by Gasteiger charge is 2.28. The summed E-state index contributed by atoms with van der Waals surface area (Å²) < 4.78 is 7.80. The maximum absolute atomic E-state index is 2.59. The first-order chi connectivity index (χ1) is 30.6. The van der Waals surface area contributed by atoms with E-state index in [0.717, 1.165) is 17.1 Å². The van der Waals surface area contributed by atoms with Gasteiger partial charge in [0.25, 0.3) is 0 Å². The summed E-state index contributed by atoms with van der Waals surface area (Å²) >= 11 is 1.87. The second-order valence-electron chi connectivity index (χ2n) is 21.5. The number of fused-ring (bicyclic) bond motifs is 15. The quantitative estimate of drug-likeness (QED) is 0.173. The Balaban J connectivity index is 1.14. The lowest BCUT2D eigenvalue weighted by molar-refractivity contribution is 0.590. The molecule has 8 aromatic carbocycles. The zero-order chi connectivity index (χ0) is 43.8. The summed E-state index contributed by atoms with van der Waals surface area (Å²) in [5.41, 5.74) is 15.2. The minimum Gasteiger partial charge on any atom is -0.310 e. The SMILES string of the molecule is CC(C)(C)c1ccc2c(c1)c1cc(C(C)(C)C)cc3c4cc5c(cc4n2c13)c1cc(C(C)(C)C)cc2c3ccc(N(c4ccccc4)c4ccc6sc7ccccc7c6c4)cc3n5c21. The van der Waals surface area contributed by atoms with Crippen molar-refractivity contribution in [2.45, 2.75) is 78.6 Å². The molecule has 5 heterocycles. The molecule has 0 atom stereocenters. The van der Waals surface area contributed by atoms with Crippen molar-refractivity contribution < 1.29 is 0 Å². The highest BCUT2D eigenvalue weighted by molar-refractivity contribution is 7.25. The molecule has 0 saturated heterocycles. The number of hydrogen-bond acceptors (Lipinski definition) is 2. The van der Waals surface area contributed by atoms with Gasteiger partial charge in [-0.15, -0.1) is 11.3 Å². The van der Waals surface area contributed by atoms with Gasteiger partial charge in [0.05, 0.1) is 33.1 Å². The number of anilines is 3. The topological polar surface area (TPSA) is 12.1 Å². The van der Waals surface area contributed by atoms with Gasteiger partial charge in [0.15, 0.2) is 0 Å². The zero-order valence-corrected chi connectivity index (χ0v) is 38.9. The van der Waals surface area contributed by atoms with Crippen molar-refractivity contribution in [1.29, 1.82) is 0 Å². The number of aromatic nitrogens is 2. The minimum atomic E-state index is -0.0275. The molecule has 4 heteroatoms. The molecule has 0 fully saturated rings. The first-order valence-electron chi connectivity index (χ1n) is 22.8. The van der Waals surface area contributed by atoms with Gasteiger partial charge in [-0.05, 0) is 130 Å². The van der Waals surface area contributed by atoms with E-state index in [0.29, 0.717) is 0 Å². The summed E-state index contributed by atoms with van der Waals surface area (Å²) in [5.74, 6) is 0. The third-order valence-electron chi connectivity index (χ3n) is 14.4. The second kappa shape index (κ2) is 12.5. The van der Waals surface area contributed by atoms with Crippen molar-refractivity contribution >= 4 is 125 Å². The number of benzene rings is 8. The normalized spacial score (nSPS) is 13.4. The lowest BCUT2D eigenvalue weighted by Crippen LogP contribution is -2.11. The fourth-order valence-electron chi connectivity index (χ4n) is 10.9. The number of para-hydroxylation sites is 1. The van der Waals surface area contributed by atoms with Crippen molar-refractivity contribution in [2.24, 2.45) is 0 Å². The Morgan fingerprint density at radius 1 is 0.328 bits per heavy atom. The third-order valence-corrected chi connectivity index (χ3v) is 15.5. The van der Waals surface area contributed by atoms with Crippen LogP contribution in [-0.2, 0) is 16.2 Å². The molecule has 3 nitrogen and oxygen atoms in total. The molecular formula is C60H51N3S. The summed E-state index contributed by atoms with van der Waals surface area (Å²) in [5, 5.41) is 13.2. The maximum atomic E-state index is 2.59. The lowest BCUT2D eigenvalue weighted by atomic mass is 9.84. The smallest absolute Gasteiger partial charge is 0.0620 e. The Kier molecular flexibility index (Phi) is 7.43. The molecule has 0 amide bonds. The van der Waals surface area contributed by atoms with E-state index in [4.69, 9.17) is 0 Å². The standard InChI is InChI=1S/C60H51N3S/c1-58(2,3)34-19-23-50-42(25-34)47-27-36(60(7,8)9)29-49-43-33-53-44(32-52(43)62(50)57(47)49)48-28-35(59(4,5)6)26-46-40-22-20-39(31-51(40)63(53)56(46)48)61(37-15-11-10-12-16-37)38-21-24-55-45(30-38)41-17-13-14-18-54(41)64-55/h10-33H,1-9H3. The zero-order valence-electron chi connectivity index (χ0n) is 38.1. The number of hydrogen-bond donors (Lipinski definition) is 0. The van der Waals surface area contributed by atoms with Crippen LogP contribution in [-0.4, -0.2) is 8.80 Å². The van der Waals surface area contributed by atoms with Crippen LogP contribution in [0.2, 0.25) is 0 Å². The van der Waals surface area contributed by atoms with Crippen molar-refractivity contribution in [2.75, 3.05) is 4.90 Å². The first kappa shape index (κ1) is 37.9. The van der Waals surface area contributed by atoms with Gasteiger partial charge in [-0.1, -0.05) is 111 Å². The first-order valence-corrected chi connectivity index (χ1v) is 23.7. The molecule has 0 radical (unpaired) electrons. The fraction of sp³-hybridized carbons (Fsp3) is 0.200. The summed E-state index contributed by atoms with van der Waals surface area (Å²) in [6, 6.07) is 56.0. The van der Waals surface area contributed by atoms with E-state index < -0.39 is 0 Å². The molecule has 64 heavy (non-hydrogen) atoms. The van der Waals surface area contributed by atoms with Crippen LogP contribution in [0.15, 0.2) is 146 Å². The molecule has 5 aromatic heterocycles. The maximum Gasteiger partial charge on any atom is 0.0620 e. The van der Waals surface area contributed by atoms with Gasteiger partial charge < -0.3 is 13.7 Å². The van der Waals surface area contributed by atoms with Crippen molar-refractivity contribution in [3.63, 3.8) is 0 Å². The summed E-state index contributed by atoms with van der Waals surface area (Å²) in [7, 11) is 0. The van der Waals surface area contributed by atoms with Gasteiger partial charge in [0.1, 0.15) is 0 Å². The van der Waals surface area contributed by atoms with Gasteiger partial charge in [-0.2, -0.15) is 0 Å². The molecule has 0 saturated carbocycles. The molecule has 312 valence electrons. The Hall–Kier alpha value is -6.62. The Morgan fingerprint density at radius 2 is 0.812 bits per heavy atom. The van der Waals surface area contributed by atoms with E-state index in [9.17, 15) is 0 Å². The van der Waals surface area contributed by atoms with Crippen molar-refractivity contribution in [1.82, 2.24) is 8.80 Å². The van der Waals surface area contributed by atoms with E-state index >= 15 is 0 Å². The third kappa shape index (κ3) is 5.21. The summed E-state index contributed by atoms with van der Waals surface area (Å²) in [4.78, 5) is 2.44. The van der Waals surface area contributed by atoms with Crippen molar-refractivity contribution in [3.8, 4) is 0 Å². The second-order valence-corrected chi connectivity index (χ2v) is 22.6. The Morgan fingerprint density at radius 3 is 1.44 bits per heavy atom. The average Bonchev–Trinajstić information content (AvgIpc) is 4.06. The van der Waals surface area contributed by atoms with Crippen LogP contribution in [0.1, 0.15) is 79.0 Å². The van der Waals surface area contributed by atoms with E-state index in [2.05, 4.69) is 222 Å². The highest BCUT2D eigenvalue weighted by atomic mass is 32.1. The molecule has 0 bridgehead atoms. The Bertz CT molecular complexity index is 4060. The summed E-state index contributed by atoms with van der Waals surface area (Å²) in [6.45, 7) is 21.1. The van der Waals surface area contributed by atoms with Crippen LogP contribution >= 0.6 is 11.3 Å². The predicted molar refractivity (Wildman–Crippen MR) is 279 cm³/mol. The molecular weight excluding hydrogens is 795 g/mol. The van der Waals surface area contributed by atoms with Crippen LogP contribution in [0, 0.1) is 0 Å². The molecule has 0 spiro atoms. The van der Waals surface area contributed by atoms with E-state index in [1.807, 2.05) is 11.3 Å². The van der Waals surface area contributed by atoms with E-state index in [1.165, 1.54) is 113 Å². The minimum absolute atomic E-state index is 0.00923. The van der Waals surface area contributed by atoms with Crippen molar-refractivity contribution in [3.05, 3.63) is 162 Å². The van der Waals surface area contributed by atoms with Crippen LogP contribution in [0.25, 0.3) is 96.4 Å². The Labute approximate surface area is 377 Å². The van der Waals surface area contributed by atoms with Gasteiger partial charge >= 0.3 is 0 Å². The number of thiophene rings is 1. The predicted octanol–water partition coefficient (Wildman–Crippen LogP) is 17.7. The molecule has 0 unspecified atom stereocenters. The van der Waals surface area contributed by atoms with Crippen LogP contribution in [0.3, 0.4) is 0 Å². The van der Waals surface area contributed by atoms with Gasteiger partial charge in [0, 0.05) is 80.3 Å². The number of rotatable bonds is 3. The number of nitrogens with zero attached hydrogens (tertiary/aromatic N) is 3. The molecule has 13 rings (SSSR count). The van der Waals surface area contributed by atoms with Gasteiger partial charge in [-0.3, -0.25) is 0 Å². The van der Waals surface area contributed by atoms with Crippen LogP contribution < -0.4 is 4.90 Å².